The highest BCUT2D eigenvalue weighted by molar-refractivity contribution is 5.95. The maximum atomic E-state index is 12.4. The highest BCUT2D eigenvalue weighted by Crippen LogP contribution is 2.60. The molecule has 1 aromatic heterocycles. The van der Waals surface area contributed by atoms with Crippen molar-refractivity contribution in [1.82, 2.24) is 10.3 Å². The van der Waals surface area contributed by atoms with Crippen molar-refractivity contribution in [3.8, 4) is 5.75 Å². The van der Waals surface area contributed by atoms with E-state index in [1.165, 1.54) is 31.7 Å². The molecule has 1 heterocycles. The molecule has 21 heavy (non-hydrogen) atoms. The molecule has 0 aliphatic heterocycles. The second-order valence-corrected chi connectivity index (χ2v) is 7.05. The van der Waals surface area contributed by atoms with Gasteiger partial charge in [0.1, 0.15) is 5.75 Å². The minimum Gasteiger partial charge on any atom is -0.505 e. The lowest BCUT2D eigenvalue weighted by Crippen LogP contribution is -2.47. The van der Waals surface area contributed by atoms with Crippen LogP contribution in [0.3, 0.4) is 0 Å². The summed E-state index contributed by atoms with van der Waals surface area (Å²) in [5.41, 5.74) is 0.149. The van der Waals surface area contributed by atoms with E-state index in [-0.39, 0.29) is 23.4 Å². The largest absolute Gasteiger partial charge is 0.505 e. The summed E-state index contributed by atoms with van der Waals surface area (Å²) < 4.78 is 0. The van der Waals surface area contributed by atoms with E-state index < -0.39 is 0 Å². The van der Waals surface area contributed by atoms with Gasteiger partial charge in [0.25, 0.3) is 5.91 Å². The minimum atomic E-state index is -0.230. The third kappa shape index (κ3) is 1.88. The number of nitrogens with zero attached hydrogens (tertiary/aromatic N) is 1. The standard InChI is InChI=1S/C17H22N2O2/c1-9-12-8-13(11-5-2-4-10(11)12)15(9)19-17(21)16-14(20)6-3-7-18-16/h3,6-7,9-13,15,20H,2,4-5,8H2,1H3,(H,19,21)/t9-,10?,11?,12?,13?,15+/m0/s1. The van der Waals surface area contributed by atoms with Gasteiger partial charge in [-0.2, -0.15) is 0 Å². The molecule has 2 N–H and O–H groups in total. The zero-order valence-electron chi connectivity index (χ0n) is 12.3. The molecule has 0 spiro atoms. The molecule has 3 aliphatic carbocycles. The van der Waals surface area contributed by atoms with Gasteiger partial charge in [0.15, 0.2) is 5.69 Å². The molecule has 2 bridgehead atoms. The number of rotatable bonds is 2. The maximum Gasteiger partial charge on any atom is 0.273 e. The molecule has 0 radical (unpaired) electrons. The molecule has 4 nitrogen and oxygen atoms in total. The maximum absolute atomic E-state index is 12.4. The van der Waals surface area contributed by atoms with Crippen LogP contribution in [0.2, 0.25) is 0 Å². The fourth-order valence-corrected chi connectivity index (χ4v) is 5.45. The lowest BCUT2D eigenvalue weighted by atomic mass is 9.73. The van der Waals surface area contributed by atoms with E-state index in [2.05, 4.69) is 17.2 Å². The van der Waals surface area contributed by atoms with Crippen LogP contribution in [-0.4, -0.2) is 22.0 Å². The van der Waals surface area contributed by atoms with E-state index in [0.29, 0.717) is 11.8 Å². The Kier molecular flexibility index (Phi) is 2.95. The normalized spacial score (nSPS) is 40.2. The van der Waals surface area contributed by atoms with Crippen LogP contribution in [-0.2, 0) is 0 Å². The first-order chi connectivity index (χ1) is 10.2. The van der Waals surface area contributed by atoms with E-state index in [1.807, 2.05) is 0 Å². The highest BCUT2D eigenvalue weighted by atomic mass is 16.3. The van der Waals surface area contributed by atoms with Gasteiger partial charge in [0, 0.05) is 12.2 Å². The molecular weight excluding hydrogens is 264 g/mol. The number of amides is 1. The molecule has 3 fully saturated rings. The number of hydrogen-bond acceptors (Lipinski definition) is 3. The number of aromatic nitrogens is 1. The average molecular weight is 286 g/mol. The average Bonchev–Trinajstić information content (AvgIpc) is 3.12. The number of carbonyl (C=O) groups excluding carboxylic acids is 1. The van der Waals surface area contributed by atoms with Crippen molar-refractivity contribution >= 4 is 5.91 Å². The Hall–Kier alpha value is -1.58. The summed E-state index contributed by atoms with van der Waals surface area (Å²) in [4.78, 5) is 16.4. The summed E-state index contributed by atoms with van der Waals surface area (Å²) in [6.07, 6.45) is 6.90. The van der Waals surface area contributed by atoms with Crippen LogP contribution in [0.25, 0.3) is 0 Å². The van der Waals surface area contributed by atoms with Gasteiger partial charge in [0.2, 0.25) is 0 Å². The van der Waals surface area contributed by atoms with Crippen molar-refractivity contribution in [2.45, 2.75) is 38.6 Å². The van der Waals surface area contributed by atoms with Crippen molar-refractivity contribution in [3.63, 3.8) is 0 Å². The topological polar surface area (TPSA) is 62.2 Å². The predicted octanol–water partition coefficient (Wildman–Crippen LogP) is 2.59. The number of fused-ring (bicyclic) bond motifs is 5. The summed E-state index contributed by atoms with van der Waals surface area (Å²) >= 11 is 0. The van der Waals surface area contributed by atoms with E-state index >= 15 is 0 Å². The van der Waals surface area contributed by atoms with Gasteiger partial charge in [-0.25, -0.2) is 4.98 Å². The third-order valence-electron chi connectivity index (χ3n) is 6.27. The quantitative estimate of drug-likeness (QED) is 0.878. The van der Waals surface area contributed by atoms with Crippen molar-refractivity contribution in [3.05, 3.63) is 24.0 Å². The first kappa shape index (κ1) is 13.1. The summed E-state index contributed by atoms with van der Waals surface area (Å²) in [5, 5.41) is 12.9. The van der Waals surface area contributed by atoms with Crippen LogP contribution in [0.15, 0.2) is 18.3 Å². The Bertz CT molecular complexity index is 574. The van der Waals surface area contributed by atoms with Crippen LogP contribution in [0.1, 0.15) is 43.1 Å². The molecule has 4 rings (SSSR count). The molecule has 6 atom stereocenters. The molecule has 1 aromatic rings. The molecule has 0 aromatic carbocycles. The number of pyridine rings is 1. The van der Waals surface area contributed by atoms with Gasteiger partial charge in [-0.1, -0.05) is 13.3 Å². The van der Waals surface area contributed by atoms with Crippen molar-refractivity contribution in [1.29, 1.82) is 0 Å². The highest BCUT2D eigenvalue weighted by Gasteiger charge is 2.57. The fraction of sp³-hybridized carbons (Fsp3) is 0.647. The van der Waals surface area contributed by atoms with Gasteiger partial charge >= 0.3 is 0 Å². The van der Waals surface area contributed by atoms with E-state index in [4.69, 9.17) is 0 Å². The second kappa shape index (κ2) is 4.72. The van der Waals surface area contributed by atoms with Crippen LogP contribution in [0.4, 0.5) is 0 Å². The molecule has 0 saturated heterocycles. The van der Waals surface area contributed by atoms with Crippen molar-refractivity contribution in [2.24, 2.45) is 29.6 Å². The number of carbonyl (C=O) groups is 1. The first-order valence-electron chi connectivity index (χ1n) is 8.11. The SMILES string of the molecule is C[C@H]1C2CC(C3CCCC32)[C@@H]1NC(=O)c1ncccc1O. The number of hydrogen-bond donors (Lipinski definition) is 2. The molecule has 3 saturated carbocycles. The van der Waals surface area contributed by atoms with Gasteiger partial charge < -0.3 is 10.4 Å². The lowest BCUT2D eigenvalue weighted by molar-refractivity contribution is 0.0847. The molecule has 4 unspecified atom stereocenters. The zero-order chi connectivity index (χ0) is 14.6. The zero-order valence-corrected chi connectivity index (χ0v) is 12.3. The Morgan fingerprint density at radius 3 is 2.81 bits per heavy atom. The van der Waals surface area contributed by atoms with Crippen LogP contribution in [0, 0.1) is 29.6 Å². The molecule has 4 heteroatoms. The van der Waals surface area contributed by atoms with E-state index in [1.54, 1.807) is 12.3 Å². The summed E-state index contributed by atoms with van der Waals surface area (Å²) in [6.45, 7) is 2.28. The monoisotopic (exact) mass is 286 g/mol. The fourth-order valence-electron chi connectivity index (χ4n) is 5.45. The Balaban J connectivity index is 1.53. The molecular formula is C17H22N2O2. The smallest absolute Gasteiger partial charge is 0.273 e. The molecule has 1 amide bonds. The molecule has 112 valence electrons. The van der Waals surface area contributed by atoms with Crippen LogP contribution < -0.4 is 5.32 Å². The summed E-state index contributed by atoms with van der Waals surface area (Å²) in [7, 11) is 0. The van der Waals surface area contributed by atoms with Gasteiger partial charge in [-0.05, 0) is 61.0 Å². The lowest BCUT2D eigenvalue weighted by Gasteiger charge is -2.36. The predicted molar refractivity (Wildman–Crippen MR) is 78.7 cm³/mol. The number of aromatic hydroxyl groups is 1. The van der Waals surface area contributed by atoms with Gasteiger partial charge in [-0.3, -0.25) is 4.79 Å². The van der Waals surface area contributed by atoms with Crippen molar-refractivity contribution < 1.29 is 9.90 Å². The van der Waals surface area contributed by atoms with Crippen LogP contribution in [0.5, 0.6) is 5.75 Å². The van der Waals surface area contributed by atoms with Gasteiger partial charge in [-0.15, -0.1) is 0 Å². The van der Waals surface area contributed by atoms with E-state index in [0.717, 1.165) is 17.8 Å². The molecule has 3 aliphatic rings. The second-order valence-electron chi connectivity index (χ2n) is 7.05. The van der Waals surface area contributed by atoms with Crippen LogP contribution >= 0.6 is 0 Å². The third-order valence-corrected chi connectivity index (χ3v) is 6.27. The Labute approximate surface area is 125 Å². The Morgan fingerprint density at radius 2 is 2.05 bits per heavy atom. The van der Waals surface area contributed by atoms with Gasteiger partial charge in [0.05, 0.1) is 0 Å². The summed E-state index contributed by atoms with van der Waals surface area (Å²) in [5.74, 6) is 3.41. The number of nitrogens with one attached hydrogen (secondary N) is 1. The Morgan fingerprint density at radius 1 is 1.29 bits per heavy atom. The van der Waals surface area contributed by atoms with Crippen molar-refractivity contribution in [2.75, 3.05) is 0 Å². The summed E-state index contributed by atoms with van der Waals surface area (Å²) in [6, 6.07) is 3.40. The van der Waals surface area contributed by atoms with E-state index in [9.17, 15) is 9.90 Å². The minimum absolute atomic E-state index is 0.0375. The first-order valence-corrected chi connectivity index (χ1v) is 8.11.